The van der Waals surface area contributed by atoms with Crippen LogP contribution in [0.15, 0.2) is 24.3 Å². The van der Waals surface area contributed by atoms with Gasteiger partial charge in [0.1, 0.15) is 17.0 Å². The maximum absolute atomic E-state index is 11.4. The molecule has 96 valence electrons. The number of likely N-dealkylation sites (N-methyl/N-ethyl adjacent to an activating group) is 1. The highest BCUT2D eigenvalue weighted by molar-refractivity contribution is 9.10. The number of sulfonamides is 1. The Bertz CT molecular complexity index is 444. The summed E-state index contributed by atoms with van der Waals surface area (Å²) in [6, 6.07) is 7.64. The number of benzene rings is 1. The number of halogens is 1. The average Bonchev–Trinajstić information content (AvgIpc) is 2.31. The van der Waals surface area contributed by atoms with Crippen molar-refractivity contribution in [1.82, 2.24) is 4.31 Å². The van der Waals surface area contributed by atoms with E-state index < -0.39 is 10.0 Å². The molecule has 17 heavy (non-hydrogen) atoms. The first-order chi connectivity index (χ1) is 7.95. The molecule has 0 aliphatic heterocycles. The molecule has 0 aliphatic carbocycles. The van der Waals surface area contributed by atoms with E-state index in [-0.39, 0.29) is 4.66 Å². The van der Waals surface area contributed by atoms with Crippen molar-refractivity contribution in [2.45, 2.75) is 6.92 Å². The zero-order valence-electron chi connectivity index (χ0n) is 9.89. The molecule has 1 rings (SSSR count). The van der Waals surface area contributed by atoms with Crippen molar-refractivity contribution >= 4 is 26.0 Å². The fraction of sp³-hybridized carbons (Fsp3) is 0.455. The SMILES string of the molecule is Cc1ccc(OCCN(C)S(=O)(=O)CBr)cc1. The molecular weight excluding hydrogens is 306 g/mol. The monoisotopic (exact) mass is 321 g/mol. The average molecular weight is 322 g/mol. The van der Waals surface area contributed by atoms with Gasteiger partial charge in [-0.2, -0.15) is 0 Å². The molecule has 0 amide bonds. The van der Waals surface area contributed by atoms with Crippen LogP contribution in [0.4, 0.5) is 0 Å². The molecule has 0 bridgehead atoms. The second-order valence-corrected chi connectivity index (χ2v) is 7.08. The fourth-order valence-corrected chi connectivity index (χ4v) is 2.72. The molecular formula is C11H16BrNO3S. The summed E-state index contributed by atoms with van der Waals surface area (Å²) in [4.78, 5) is 0. The Kier molecular flexibility index (Phi) is 5.42. The molecule has 1 aromatic rings. The van der Waals surface area contributed by atoms with Gasteiger partial charge in [-0.15, -0.1) is 0 Å². The Hall–Kier alpha value is -0.590. The summed E-state index contributed by atoms with van der Waals surface area (Å²) in [5.74, 6) is 0.750. The Balaban J connectivity index is 2.41. The molecule has 0 N–H and O–H groups in total. The van der Waals surface area contributed by atoms with Crippen LogP contribution >= 0.6 is 15.9 Å². The highest BCUT2D eigenvalue weighted by Crippen LogP contribution is 2.11. The molecule has 0 spiro atoms. The van der Waals surface area contributed by atoms with Gasteiger partial charge in [0.15, 0.2) is 0 Å². The maximum Gasteiger partial charge on any atom is 0.224 e. The van der Waals surface area contributed by atoms with Crippen molar-refractivity contribution in [3.8, 4) is 5.75 Å². The first-order valence-corrected chi connectivity index (χ1v) is 7.88. The van der Waals surface area contributed by atoms with E-state index in [1.165, 1.54) is 11.4 Å². The quantitative estimate of drug-likeness (QED) is 0.753. The van der Waals surface area contributed by atoms with E-state index >= 15 is 0 Å². The molecule has 6 heteroatoms. The van der Waals surface area contributed by atoms with E-state index in [2.05, 4.69) is 15.9 Å². The van der Waals surface area contributed by atoms with Crippen LogP contribution in [0.3, 0.4) is 0 Å². The normalized spacial score (nSPS) is 11.8. The molecule has 0 aromatic heterocycles. The van der Waals surface area contributed by atoms with E-state index in [0.717, 1.165) is 11.3 Å². The number of alkyl halides is 1. The predicted octanol–water partition coefficient (Wildman–Crippen LogP) is 1.99. The molecule has 0 saturated heterocycles. The third-order valence-electron chi connectivity index (χ3n) is 2.31. The highest BCUT2D eigenvalue weighted by atomic mass is 79.9. The minimum absolute atomic E-state index is 0.0684. The Morgan fingerprint density at radius 2 is 1.88 bits per heavy atom. The Labute approximate surface area is 111 Å². The van der Waals surface area contributed by atoms with Crippen LogP contribution in [0.25, 0.3) is 0 Å². The van der Waals surface area contributed by atoms with Gasteiger partial charge in [0.05, 0.1) is 0 Å². The molecule has 0 radical (unpaired) electrons. The summed E-state index contributed by atoms with van der Waals surface area (Å²) in [7, 11) is -1.65. The van der Waals surface area contributed by atoms with Crippen molar-refractivity contribution in [3.05, 3.63) is 29.8 Å². The maximum atomic E-state index is 11.4. The third-order valence-corrected chi connectivity index (χ3v) is 5.45. The molecule has 0 fully saturated rings. The van der Waals surface area contributed by atoms with E-state index in [1.807, 2.05) is 31.2 Å². The van der Waals surface area contributed by atoms with Crippen LogP contribution in [0.2, 0.25) is 0 Å². The summed E-state index contributed by atoms with van der Waals surface area (Å²) < 4.78 is 29.5. The van der Waals surface area contributed by atoms with Crippen LogP contribution in [-0.4, -0.2) is 37.6 Å². The topological polar surface area (TPSA) is 46.6 Å². The van der Waals surface area contributed by atoms with Gasteiger partial charge < -0.3 is 4.74 Å². The lowest BCUT2D eigenvalue weighted by atomic mass is 10.2. The lowest BCUT2D eigenvalue weighted by Crippen LogP contribution is -2.31. The van der Waals surface area contributed by atoms with Gasteiger partial charge in [0, 0.05) is 13.6 Å². The highest BCUT2D eigenvalue weighted by Gasteiger charge is 2.15. The number of aryl methyl sites for hydroxylation is 1. The summed E-state index contributed by atoms with van der Waals surface area (Å²) in [5, 5.41) is 0. The second-order valence-electron chi connectivity index (χ2n) is 3.70. The van der Waals surface area contributed by atoms with E-state index in [9.17, 15) is 8.42 Å². The van der Waals surface area contributed by atoms with Crippen LogP contribution in [0, 0.1) is 6.92 Å². The summed E-state index contributed by atoms with van der Waals surface area (Å²) >= 11 is 2.95. The van der Waals surface area contributed by atoms with Crippen LogP contribution in [0.5, 0.6) is 5.75 Å². The largest absolute Gasteiger partial charge is 0.492 e. The van der Waals surface area contributed by atoms with Crippen molar-refractivity contribution in [2.24, 2.45) is 0 Å². The molecule has 0 saturated carbocycles. The van der Waals surface area contributed by atoms with E-state index in [4.69, 9.17) is 4.74 Å². The Morgan fingerprint density at radius 1 is 1.29 bits per heavy atom. The number of hydrogen-bond donors (Lipinski definition) is 0. The number of rotatable bonds is 6. The van der Waals surface area contributed by atoms with E-state index in [0.29, 0.717) is 13.2 Å². The molecule has 0 unspecified atom stereocenters. The molecule has 0 aliphatic rings. The first-order valence-electron chi connectivity index (χ1n) is 5.15. The Morgan fingerprint density at radius 3 is 2.41 bits per heavy atom. The lowest BCUT2D eigenvalue weighted by molar-refractivity contribution is 0.287. The van der Waals surface area contributed by atoms with Crippen molar-refractivity contribution < 1.29 is 13.2 Å². The van der Waals surface area contributed by atoms with Gasteiger partial charge in [0.25, 0.3) is 0 Å². The van der Waals surface area contributed by atoms with Crippen molar-refractivity contribution in [1.29, 1.82) is 0 Å². The van der Waals surface area contributed by atoms with E-state index in [1.54, 1.807) is 0 Å². The fourth-order valence-electron chi connectivity index (χ4n) is 1.15. The minimum atomic E-state index is -3.19. The zero-order valence-corrected chi connectivity index (χ0v) is 12.3. The number of hydrogen-bond acceptors (Lipinski definition) is 3. The van der Waals surface area contributed by atoms with Crippen LogP contribution < -0.4 is 4.74 Å². The van der Waals surface area contributed by atoms with Gasteiger partial charge >= 0.3 is 0 Å². The predicted molar refractivity (Wildman–Crippen MR) is 72.0 cm³/mol. The van der Waals surface area contributed by atoms with Crippen molar-refractivity contribution in [3.63, 3.8) is 0 Å². The molecule has 4 nitrogen and oxygen atoms in total. The third kappa shape index (κ3) is 4.65. The second kappa shape index (κ2) is 6.37. The summed E-state index contributed by atoms with van der Waals surface area (Å²) in [6.07, 6.45) is 0. The van der Waals surface area contributed by atoms with Gasteiger partial charge in [-0.05, 0) is 19.1 Å². The number of nitrogens with zero attached hydrogens (tertiary/aromatic N) is 1. The molecule has 0 heterocycles. The minimum Gasteiger partial charge on any atom is -0.492 e. The zero-order chi connectivity index (χ0) is 12.9. The standard InChI is InChI=1S/C11H16BrNO3S/c1-10-3-5-11(6-4-10)16-8-7-13(2)17(14,15)9-12/h3-6H,7-9H2,1-2H3. The smallest absolute Gasteiger partial charge is 0.224 e. The van der Waals surface area contributed by atoms with Gasteiger partial charge in [0.2, 0.25) is 10.0 Å². The van der Waals surface area contributed by atoms with Gasteiger partial charge in [-0.3, -0.25) is 0 Å². The van der Waals surface area contributed by atoms with Gasteiger partial charge in [-0.25, -0.2) is 12.7 Å². The summed E-state index contributed by atoms with van der Waals surface area (Å²) in [6.45, 7) is 2.67. The van der Waals surface area contributed by atoms with Crippen molar-refractivity contribution in [2.75, 3.05) is 24.9 Å². The number of ether oxygens (including phenoxy) is 1. The van der Waals surface area contributed by atoms with Gasteiger partial charge in [-0.1, -0.05) is 33.6 Å². The molecule has 0 atom stereocenters. The van der Waals surface area contributed by atoms with Crippen LogP contribution in [0.1, 0.15) is 5.56 Å². The van der Waals surface area contributed by atoms with Crippen LogP contribution in [-0.2, 0) is 10.0 Å². The lowest BCUT2D eigenvalue weighted by Gasteiger charge is -2.15. The molecule has 1 aromatic carbocycles. The summed E-state index contributed by atoms with van der Waals surface area (Å²) in [5.41, 5.74) is 1.16. The first kappa shape index (κ1) is 14.5.